The molecule has 1 atom stereocenters. The summed E-state index contributed by atoms with van der Waals surface area (Å²) in [5.74, 6) is 1.66. The van der Waals surface area contributed by atoms with Crippen LogP contribution in [0.5, 0.6) is 11.5 Å². The molecule has 1 heterocycles. The van der Waals surface area contributed by atoms with Gasteiger partial charge in [-0.2, -0.15) is 0 Å². The first-order valence-electron chi connectivity index (χ1n) is 5.96. The van der Waals surface area contributed by atoms with Crippen molar-refractivity contribution in [3.8, 4) is 11.5 Å². The number of thiophene rings is 1. The lowest BCUT2D eigenvalue weighted by Gasteiger charge is -2.16. The van der Waals surface area contributed by atoms with Crippen LogP contribution >= 0.6 is 11.3 Å². The van der Waals surface area contributed by atoms with Gasteiger partial charge in [-0.1, -0.05) is 6.07 Å². The normalized spacial score (nSPS) is 12.1. The first-order valence-corrected chi connectivity index (χ1v) is 6.84. The molecule has 0 bridgehead atoms. The maximum Gasteiger partial charge on any atom is 0.145 e. The molecule has 96 valence electrons. The number of ether oxygens (including phenoxy) is 2. The zero-order valence-corrected chi connectivity index (χ0v) is 11.2. The average molecular weight is 263 g/mol. The highest BCUT2D eigenvalue weighted by molar-refractivity contribution is 7.10. The van der Waals surface area contributed by atoms with Crippen LogP contribution in [-0.4, -0.2) is 13.2 Å². The van der Waals surface area contributed by atoms with Gasteiger partial charge in [-0.05, 0) is 42.6 Å². The highest BCUT2D eigenvalue weighted by Crippen LogP contribution is 2.26. The van der Waals surface area contributed by atoms with Crippen molar-refractivity contribution in [2.24, 2.45) is 5.73 Å². The van der Waals surface area contributed by atoms with Crippen LogP contribution < -0.4 is 15.2 Å². The molecule has 1 unspecified atom stereocenters. The Hall–Kier alpha value is -1.52. The maximum absolute atomic E-state index is 5.87. The molecule has 0 saturated heterocycles. The lowest BCUT2D eigenvalue weighted by atomic mass is 10.2. The summed E-state index contributed by atoms with van der Waals surface area (Å²) in [6, 6.07) is 11.7. The van der Waals surface area contributed by atoms with E-state index in [2.05, 4.69) is 0 Å². The molecule has 0 fully saturated rings. The molecule has 2 aromatic rings. The summed E-state index contributed by atoms with van der Waals surface area (Å²) in [7, 11) is 0. The minimum atomic E-state index is -0.0806. The fraction of sp³-hybridized carbons (Fsp3) is 0.286. The summed E-state index contributed by atoms with van der Waals surface area (Å²) in [5, 5.41) is 2.03. The summed E-state index contributed by atoms with van der Waals surface area (Å²) in [6.07, 6.45) is -0.0806. The number of benzene rings is 1. The monoisotopic (exact) mass is 263 g/mol. The van der Waals surface area contributed by atoms with E-state index in [9.17, 15) is 0 Å². The third-order valence-electron chi connectivity index (χ3n) is 2.49. The van der Waals surface area contributed by atoms with Gasteiger partial charge in [0.25, 0.3) is 0 Å². The van der Waals surface area contributed by atoms with Gasteiger partial charge >= 0.3 is 0 Å². The van der Waals surface area contributed by atoms with Gasteiger partial charge in [-0.15, -0.1) is 11.3 Å². The highest BCUT2D eigenvalue weighted by atomic mass is 32.1. The average Bonchev–Trinajstić information content (AvgIpc) is 2.92. The lowest BCUT2D eigenvalue weighted by Crippen LogP contribution is -2.17. The predicted molar refractivity (Wildman–Crippen MR) is 74.4 cm³/mol. The standard InChI is InChI=1S/C14H17NO2S/c1-2-16-11-5-7-12(8-6-11)17-13(10-15)14-4-3-9-18-14/h3-9,13H,2,10,15H2,1H3. The smallest absolute Gasteiger partial charge is 0.145 e. The molecule has 0 saturated carbocycles. The largest absolute Gasteiger partial charge is 0.494 e. The molecular weight excluding hydrogens is 246 g/mol. The molecule has 0 aliphatic heterocycles. The van der Waals surface area contributed by atoms with Gasteiger partial charge in [0, 0.05) is 11.4 Å². The topological polar surface area (TPSA) is 44.5 Å². The SMILES string of the molecule is CCOc1ccc(OC(CN)c2cccs2)cc1. The lowest BCUT2D eigenvalue weighted by molar-refractivity contribution is 0.217. The first-order chi connectivity index (χ1) is 8.83. The van der Waals surface area contributed by atoms with E-state index in [4.69, 9.17) is 15.2 Å². The number of hydrogen-bond donors (Lipinski definition) is 1. The van der Waals surface area contributed by atoms with Gasteiger partial charge in [0.1, 0.15) is 17.6 Å². The van der Waals surface area contributed by atoms with Gasteiger partial charge in [-0.3, -0.25) is 0 Å². The van der Waals surface area contributed by atoms with Gasteiger partial charge in [0.15, 0.2) is 0 Å². The Balaban J connectivity index is 2.03. The fourth-order valence-corrected chi connectivity index (χ4v) is 2.41. The Kier molecular flexibility index (Phi) is 4.61. The van der Waals surface area contributed by atoms with Crippen LogP contribution in [0.2, 0.25) is 0 Å². The number of hydrogen-bond acceptors (Lipinski definition) is 4. The van der Waals surface area contributed by atoms with Crippen LogP contribution in [0.25, 0.3) is 0 Å². The molecule has 0 radical (unpaired) electrons. The molecule has 2 rings (SSSR count). The van der Waals surface area contributed by atoms with Crippen molar-refractivity contribution in [2.45, 2.75) is 13.0 Å². The van der Waals surface area contributed by atoms with Crippen molar-refractivity contribution in [2.75, 3.05) is 13.2 Å². The zero-order valence-electron chi connectivity index (χ0n) is 10.3. The number of nitrogens with two attached hydrogens (primary N) is 1. The van der Waals surface area contributed by atoms with E-state index >= 15 is 0 Å². The first kappa shape index (κ1) is 12.9. The molecule has 0 amide bonds. The highest BCUT2D eigenvalue weighted by Gasteiger charge is 2.12. The van der Waals surface area contributed by atoms with E-state index < -0.39 is 0 Å². The summed E-state index contributed by atoms with van der Waals surface area (Å²) in [6.45, 7) is 3.10. The Morgan fingerprint density at radius 3 is 2.44 bits per heavy atom. The summed E-state index contributed by atoms with van der Waals surface area (Å²) >= 11 is 1.66. The zero-order chi connectivity index (χ0) is 12.8. The van der Waals surface area contributed by atoms with Crippen LogP contribution in [0.4, 0.5) is 0 Å². The Labute approximate surface area is 111 Å². The molecule has 3 nitrogen and oxygen atoms in total. The van der Waals surface area contributed by atoms with E-state index in [1.54, 1.807) is 11.3 Å². The minimum absolute atomic E-state index is 0.0806. The van der Waals surface area contributed by atoms with Gasteiger partial charge in [-0.25, -0.2) is 0 Å². The van der Waals surface area contributed by atoms with Crippen molar-refractivity contribution < 1.29 is 9.47 Å². The van der Waals surface area contributed by atoms with Crippen LogP contribution in [0.1, 0.15) is 17.9 Å². The van der Waals surface area contributed by atoms with E-state index in [-0.39, 0.29) is 6.10 Å². The van der Waals surface area contributed by atoms with Crippen molar-refractivity contribution in [1.29, 1.82) is 0 Å². The second kappa shape index (κ2) is 6.42. The quantitative estimate of drug-likeness (QED) is 0.870. The van der Waals surface area contributed by atoms with Crippen LogP contribution in [0.3, 0.4) is 0 Å². The third-order valence-corrected chi connectivity index (χ3v) is 3.45. The van der Waals surface area contributed by atoms with E-state index in [0.29, 0.717) is 13.2 Å². The molecule has 0 aliphatic carbocycles. The molecule has 1 aromatic carbocycles. The van der Waals surface area contributed by atoms with Crippen LogP contribution in [0, 0.1) is 0 Å². The van der Waals surface area contributed by atoms with Gasteiger partial charge < -0.3 is 15.2 Å². The molecule has 1 aromatic heterocycles. The fourth-order valence-electron chi connectivity index (χ4n) is 1.64. The van der Waals surface area contributed by atoms with Crippen molar-refractivity contribution in [3.63, 3.8) is 0 Å². The maximum atomic E-state index is 5.87. The third kappa shape index (κ3) is 3.24. The summed E-state index contributed by atoms with van der Waals surface area (Å²) in [4.78, 5) is 1.14. The van der Waals surface area contributed by atoms with Gasteiger partial charge in [0.2, 0.25) is 0 Å². The van der Waals surface area contributed by atoms with Crippen molar-refractivity contribution in [1.82, 2.24) is 0 Å². The second-order valence-electron chi connectivity index (χ2n) is 3.76. The van der Waals surface area contributed by atoms with Crippen LogP contribution in [-0.2, 0) is 0 Å². The second-order valence-corrected chi connectivity index (χ2v) is 4.74. The van der Waals surface area contributed by atoms with Gasteiger partial charge in [0.05, 0.1) is 6.61 Å². The minimum Gasteiger partial charge on any atom is -0.494 e. The molecule has 0 spiro atoms. The molecule has 18 heavy (non-hydrogen) atoms. The molecule has 2 N–H and O–H groups in total. The Bertz CT molecular complexity index is 453. The summed E-state index contributed by atoms with van der Waals surface area (Å²) in [5.41, 5.74) is 5.75. The Morgan fingerprint density at radius 2 is 1.89 bits per heavy atom. The van der Waals surface area contributed by atoms with Crippen molar-refractivity contribution >= 4 is 11.3 Å². The predicted octanol–water partition coefficient (Wildman–Crippen LogP) is 3.23. The van der Waals surface area contributed by atoms with E-state index in [1.165, 1.54) is 0 Å². The molecular formula is C14H17NO2S. The van der Waals surface area contributed by atoms with E-state index in [0.717, 1.165) is 16.4 Å². The van der Waals surface area contributed by atoms with E-state index in [1.807, 2.05) is 48.7 Å². The summed E-state index contributed by atoms with van der Waals surface area (Å²) < 4.78 is 11.3. The van der Waals surface area contributed by atoms with Crippen molar-refractivity contribution in [3.05, 3.63) is 46.7 Å². The van der Waals surface area contributed by atoms with Crippen LogP contribution in [0.15, 0.2) is 41.8 Å². The Morgan fingerprint density at radius 1 is 1.17 bits per heavy atom. The molecule has 0 aliphatic rings. The number of rotatable bonds is 6. The molecule has 4 heteroatoms.